The number of nitrogens with two attached hydrogens (primary N) is 1. The largest absolute Gasteiger partial charge is 0.493 e. The molecule has 2 N–H and O–H groups in total. The Labute approximate surface area is 122 Å². The third-order valence-electron chi connectivity index (χ3n) is 2.94. The molecule has 0 saturated heterocycles. The van der Waals surface area contributed by atoms with Crippen molar-refractivity contribution in [2.24, 2.45) is 0 Å². The maximum Gasteiger partial charge on any atom is 0.121 e. The zero-order chi connectivity index (χ0) is 14.4. The van der Waals surface area contributed by atoms with Crippen LogP contribution in [0.15, 0.2) is 53.4 Å². The first-order valence-electron chi connectivity index (χ1n) is 6.59. The lowest BCUT2D eigenvalue weighted by atomic mass is 10.2. The molecular formula is C16H19NO2S. The van der Waals surface area contributed by atoms with Crippen molar-refractivity contribution in [2.45, 2.75) is 18.2 Å². The van der Waals surface area contributed by atoms with Crippen molar-refractivity contribution in [3.63, 3.8) is 0 Å². The van der Waals surface area contributed by atoms with Crippen LogP contribution in [0.1, 0.15) is 12.0 Å². The summed E-state index contributed by atoms with van der Waals surface area (Å²) >= 11 is 0. The van der Waals surface area contributed by atoms with Crippen LogP contribution in [0.25, 0.3) is 0 Å². The van der Waals surface area contributed by atoms with Gasteiger partial charge in [0.2, 0.25) is 0 Å². The van der Waals surface area contributed by atoms with Gasteiger partial charge >= 0.3 is 0 Å². The minimum absolute atomic E-state index is 0.543. The minimum atomic E-state index is -0.962. The summed E-state index contributed by atoms with van der Waals surface area (Å²) in [6.07, 6.45) is 0.746. The van der Waals surface area contributed by atoms with E-state index in [0.717, 1.165) is 22.6 Å². The third-order valence-corrected chi connectivity index (χ3v) is 4.55. The summed E-state index contributed by atoms with van der Waals surface area (Å²) in [6, 6.07) is 15.1. The van der Waals surface area contributed by atoms with Crippen LogP contribution < -0.4 is 10.5 Å². The van der Waals surface area contributed by atoms with Crippen LogP contribution in [0, 0.1) is 6.92 Å². The van der Waals surface area contributed by atoms with Crippen molar-refractivity contribution in [1.82, 2.24) is 0 Å². The van der Waals surface area contributed by atoms with Gasteiger partial charge in [-0.1, -0.05) is 24.3 Å². The molecule has 20 heavy (non-hydrogen) atoms. The van der Waals surface area contributed by atoms with Gasteiger partial charge in [-0.05, 0) is 37.1 Å². The number of hydrogen-bond donors (Lipinski definition) is 1. The molecule has 0 fully saturated rings. The summed E-state index contributed by atoms with van der Waals surface area (Å²) < 4.78 is 17.8. The molecule has 3 nitrogen and oxygen atoms in total. The molecule has 2 rings (SSSR count). The Bertz CT molecular complexity index is 599. The highest BCUT2D eigenvalue weighted by atomic mass is 32.2. The van der Waals surface area contributed by atoms with Crippen molar-refractivity contribution < 1.29 is 8.95 Å². The Hall–Kier alpha value is -1.81. The number of benzene rings is 2. The fourth-order valence-corrected chi connectivity index (χ4v) is 3.16. The van der Waals surface area contributed by atoms with E-state index in [9.17, 15) is 4.21 Å². The normalized spacial score (nSPS) is 12.1. The molecule has 0 spiro atoms. The van der Waals surface area contributed by atoms with Crippen LogP contribution in [0.4, 0.5) is 5.69 Å². The second kappa shape index (κ2) is 7.10. The number of nitrogen functional groups attached to an aromatic ring is 1. The van der Waals surface area contributed by atoms with Crippen LogP contribution in [0.3, 0.4) is 0 Å². The lowest BCUT2D eigenvalue weighted by Gasteiger charge is -2.08. The zero-order valence-electron chi connectivity index (χ0n) is 11.5. The summed E-state index contributed by atoms with van der Waals surface area (Å²) in [4.78, 5) is 0.913. The van der Waals surface area contributed by atoms with Crippen molar-refractivity contribution >= 4 is 16.5 Å². The predicted molar refractivity (Wildman–Crippen MR) is 83.4 cm³/mol. The maximum absolute atomic E-state index is 12.2. The first kappa shape index (κ1) is 14.6. The molecule has 0 aromatic heterocycles. The summed E-state index contributed by atoms with van der Waals surface area (Å²) in [5.41, 5.74) is 7.43. The van der Waals surface area contributed by atoms with Gasteiger partial charge in [0.1, 0.15) is 5.75 Å². The van der Waals surface area contributed by atoms with Gasteiger partial charge in [-0.2, -0.15) is 0 Å². The zero-order valence-corrected chi connectivity index (χ0v) is 12.4. The van der Waals surface area contributed by atoms with Gasteiger partial charge in [-0.3, -0.25) is 4.21 Å². The average molecular weight is 289 g/mol. The summed E-state index contributed by atoms with van der Waals surface area (Å²) in [5, 5.41) is 0. The second-order valence-electron chi connectivity index (χ2n) is 4.59. The highest BCUT2D eigenvalue weighted by molar-refractivity contribution is 7.85. The molecule has 0 aliphatic heterocycles. The number of hydrogen-bond acceptors (Lipinski definition) is 3. The van der Waals surface area contributed by atoms with Crippen LogP contribution in [0.2, 0.25) is 0 Å². The molecule has 2 aromatic carbocycles. The van der Waals surface area contributed by atoms with Crippen molar-refractivity contribution in [3.8, 4) is 5.75 Å². The SMILES string of the molecule is Cc1ccccc1S(=O)CCCOc1cccc(N)c1. The Balaban J connectivity index is 1.79. The van der Waals surface area contributed by atoms with Gasteiger partial charge in [0, 0.05) is 22.4 Å². The quantitative estimate of drug-likeness (QED) is 0.656. The maximum atomic E-state index is 12.2. The molecule has 1 atom stereocenters. The number of rotatable bonds is 6. The Morgan fingerprint density at radius 2 is 1.95 bits per heavy atom. The Kier molecular flexibility index (Phi) is 5.18. The van der Waals surface area contributed by atoms with Crippen LogP contribution in [0.5, 0.6) is 5.75 Å². The monoisotopic (exact) mass is 289 g/mol. The van der Waals surface area contributed by atoms with Gasteiger partial charge in [0.25, 0.3) is 0 Å². The van der Waals surface area contributed by atoms with E-state index in [-0.39, 0.29) is 0 Å². The van der Waals surface area contributed by atoms with Gasteiger partial charge in [-0.25, -0.2) is 0 Å². The van der Waals surface area contributed by atoms with E-state index in [1.807, 2.05) is 49.4 Å². The fraction of sp³-hybridized carbons (Fsp3) is 0.250. The highest BCUT2D eigenvalue weighted by Gasteiger charge is 2.06. The van der Waals surface area contributed by atoms with Crippen LogP contribution >= 0.6 is 0 Å². The standard InChI is InChI=1S/C16H19NO2S/c1-13-6-2-3-9-16(13)20(18)11-5-10-19-15-8-4-7-14(17)12-15/h2-4,6-9,12H,5,10-11,17H2,1H3. The van der Waals surface area contributed by atoms with Gasteiger partial charge in [0.05, 0.1) is 17.4 Å². The van der Waals surface area contributed by atoms with Gasteiger partial charge in [-0.15, -0.1) is 0 Å². The van der Waals surface area contributed by atoms with Crippen molar-refractivity contribution in [3.05, 3.63) is 54.1 Å². The van der Waals surface area contributed by atoms with E-state index in [0.29, 0.717) is 18.0 Å². The molecule has 0 bridgehead atoms. The second-order valence-corrected chi connectivity index (χ2v) is 6.13. The molecule has 2 aromatic rings. The fourth-order valence-electron chi connectivity index (χ4n) is 1.91. The minimum Gasteiger partial charge on any atom is -0.493 e. The molecule has 0 amide bonds. The molecule has 0 aliphatic carbocycles. The lowest BCUT2D eigenvalue weighted by Crippen LogP contribution is -2.06. The van der Waals surface area contributed by atoms with Crippen LogP contribution in [-0.2, 0) is 10.8 Å². The summed E-state index contributed by atoms with van der Waals surface area (Å²) in [7, 11) is -0.962. The molecule has 0 saturated carbocycles. The number of aryl methyl sites for hydroxylation is 1. The van der Waals surface area contributed by atoms with Crippen molar-refractivity contribution in [2.75, 3.05) is 18.1 Å². The van der Waals surface area contributed by atoms with E-state index < -0.39 is 10.8 Å². The van der Waals surface area contributed by atoms with E-state index in [1.165, 1.54) is 0 Å². The predicted octanol–water partition coefficient (Wildman–Crippen LogP) is 3.15. The smallest absolute Gasteiger partial charge is 0.121 e. The Morgan fingerprint density at radius 3 is 2.70 bits per heavy atom. The first-order valence-corrected chi connectivity index (χ1v) is 7.91. The topological polar surface area (TPSA) is 52.3 Å². The molecule has 1 unspecified atom stereocenters. The Morgan fingerprint density at radius 1 is 1.15 bits per heavy atom. The lowest BCUT2D eigenvalue weighted by molar-refractivity contribution is 0.318. The molecule has 0 aliphatic rings. The molecule has 4 heteroatoms. The van der Waals surface area contributed by atoms with Crippen molar-refractivity contribution in [1.29, 1.82) is 0 Å². The van der Waals surface area contributed by atoms with E-state index in [2.05, 4.69) is 0 Å². The molecule has 0 radical (unpaired) electrons. The average Bonchev–Trinajstić information content (AvgIpc) is 2.44. The number of anilines is 1. The first-order chi connectivity index (χ1) is 9.66. The molecule has 106 valence electrons. The van der Waals surface area contributed by atoms with E-state index >= 15 is 0 Å². The molecular weight excluding hydrogens is 270 g/mol. The highest BCUT2D eigenvalue weighted by Crippen LogP contribution is 2.16. The van der Waals surface area contributed by atoms with Gasteiger partial charge < -0.3 is 10.5 Å². The summed E-state index contributed by atoms with van der Waals surface area (Å²) in [6.45, 7) is 2.53. The van der Waals surface area contributed by atoms with Crippen LogP contribution in [-0.4, -0.2) is 16.6 Å². The van der Waals surface area contributed by atoms with E-state index in [4.69, 9.17) is 10.5 Å². The molecule has 0 heterocycles. The van der Waals surface area contributed by atoms with Gasteiger partial charge in [0.15, 0.2) is 0 Å². The third kappa shape index (κ3) is 4.10. The number of ether oxygens (including phenoxy) is 1. The van der Waals surface area contributed by atoms with E-state index in [1.54, 1.807) is 6.07 Å². The summed E-state index contributed by atoms with van der Waals surface area (Å²) in [5.74, 6) is 1.36.